The number of carbonyl (C=O) groups is 1. The van der Waals surface area contributed by atoms with Gasteiger partial charge in [0.15, 0.2) is 0 Å². The molecule has 2 aliphatic rings. The summed E-state index contributed by atoms with van der Waals surface area (Å²) in [4.78, 5) is 12.1. The van der Waals surface area contributed by atoms with Crippen LogP contribution in [0.25, 0.3) is 0 Å². The van der Waals surface area contributed by atoms with Gasteiger partial charge in [0.25, 0.3) is 0 Å². The van der Waals surface area contributed by atoms with Gasteiger partial charge in [-0.3, -0.25) is 4.79 Å². The number of hydrogen-bond acceptors (Lipinski definition) is 3. The molecular weight excluding hydrogens is 204 g/mol. The molecule has 0 spiro atoms. The molecule has 1 saturated carbocycles. The third kappa shape index (κ3) is 2.55. The molecule has 0 aromatic rings. The lowest BCUT2D eigenvalue weighted by molar-refractivity contribution is -0.127. The fourth-order valence-electron chi connectivity index (χ4n) is 2.65. The number of nitrogens with one attached hydrogen (secondary N) is 2. The van der Waals surface area contributed by atoms with Gasteiger partial charge in [0.1, 0.15) is 0 Å². The lowest BCUT2D eigenvalue weighted by Gasteiger charge is -2.30. The van der Waals surface area contributed by atoms with Crippen LogP contribution in [0.5, 0.6) is 0 Å². The molecule has 1 heterocycles. The van der Waals surface area contributed by atoms with Crippen molar-refractivity contribution in [3.8, 4) is 0 Å². The van der Waals surface area contributed by atoms with Crippen LogP contribution in [0.1, 0.15) is 45.4 Å². The first-order chi connectivity index (χ1) is 7.60. The third-order valence-corrected chi connectivity index (χ3v) is 3.90. The minimum atomic E-state index is -0.365. The molecule has 0 radical (unpaired) electrons. The van der Waals surface area contributed by atoms with E-state index in [4.69, 9.17) is 0 Å². The number of carbonyl (C=O) groups excluding carboxylic acids is 1. The van der Waals surface area contributed by atoms with E-state index < -0.39 is 0 Å². The van der Waals surface area contributed by atoms with Gasteiger partial charge in [-0.2, -0.15) is 0 Å². The lowest BCUT2D eigenvalue weighted by Crippen LogP contribution is -2.54. The molecule has 0 bridgehead atoms. The first kappa shape index (κ1) is 11.9. The van der Waals surface area contributed by atoms with E-state index in [0.29, 0.717) is 0 Å². The van der Waals surface area contributed by atoms with Gasteiger partial charge >= 0.3 is 0 Å². The largest absolute Gasteiger partial charge is 0.393 e. The molecule has 2 fully saturated rings. The average molecular weight is 226 g/mol. The summed E-state index contributed by atoms with van der Waals surface area (Å²) < 4.78 is 0. The molecule has 2 rings (SSSR count). The zero-order valence-electron chi connectivity index (χ0n) is 9.96. The fourth-order valence-corrected chi connectivity index (χ4v) is 2.65. The monoisotopic (exact) mass is 226 g/mol. The van der Waals surface area contributed by atoms with Crippen LogP contribution in [0.2, 0.25) is 0 Å². The summed E-state index contributed by atoms with van der Waals surface area (Å²) in [7, 11) is 0. The summed E-state index contributed by atoms with van der Waals surface area (Å²) in [5.74, 6) is 0.131. The Kier molecular flexibility index (Phi) is 3.50. The smallest absolute Gasteiger partial charge is 0.240 e. The van der Waals surface area contributed by atoms with E-state index in [9.17, 15) is 9.90 Å². The first-order valence-corrected chi connectivity index (χ1v) is 6.34. The summed E-state index contributed by atoms with van der Waals surface area (Å²) in [5, 5.41) is 15.8. The van der Waals surface area contributed by atoms with Crippen LogP contribution in [0.3, 0.4) is 0 Å². The maximum atomic E-state index is 12.1. The van der Waals surface area contributed by atoms with Crippen LogP contribution in [-0.2, 0) is 4.79 Å². The second-order valence-corrected chi connectivity index (χ2v) is 5.34. The Morgan fingerprint density at radius 3 is 2.62 bits per heavy atom. The Labute approximate surface area is 96.8 Å². The molecule has 1 atom stereocenters. The van der Waals surface area contributed by atoms with Crippen molar-refractivity contribution in [2.24, 2.45) is 0 Å². The van der Waals surface area contributed by atoms with E-state index in [-0.39, 0.29) is 23.6 Å². The van der Waals surface area contributed by atoms with Crippen molar-refractivity contribution in [1.82, 2.24) is 10.6 Å². The normalized spacial score (nSPS) is 39.6. The molecule has 1 amide bonds. The molecule has 4 heteroatoms. The van der Waals surface area contributed by atoms with Gasteiger partial charge in [-0.15, -0.1) is 0 Å². The Morgan fingerprint density at radius 2 is 2.06 bits per heavy atom. The van der Waals surface area contributed by atoms with Gasteiger partial charge in [-0.25, -0.2) is 0 Å². The molecule has 0 aromatic heterocycles. The molecule has 0 unspecified atom stereocenters. The van der Waals surface area contributed by atoms with E-state index in [1.165, 1.54) is 0 Å². The molecule has 1 aliphatic carbocycles. The number of amides is 1. The van der Waals surface area contributed by atoms with Crippen molar-refractivity contribution in [3.05, 3.63) is 0 Å². The lowest BCUT2D eigenvalue weighted by atomic mass is 9.91. The van der Waals surface area contributed by atoms with Crippen molar-refractivity contribution < 1.29 is 9.90 Å². The van der Waals surface area contributed by atoms with Crippen LogP contribution in [0.4, 0.5) is 0 Å². The Morgan fingerprint density at radius 1 is 1.38 bits per heavy atom. The average Bonchev–Trinajstić information content (AvgIpc) is 2.70. The van der Waals surface area contributed by atoms with Crippen molar-refractivity contribution in [2.45, 2.75) is 63.1 Å². The Hall–Kier alpha value is -0.610. The second kappa shape index (κ2) is 4.72. The Balaban J connectivity index is 1.83. The number of aliphatic hydroxyl groups is 1. The van der Waals surface area contributed by atoms with E-state index in [1.807, 2.05) is 6.92 Å². The predicted octanol–water partition coefficient (Wildman–Crippen LogP) is 0.548. The van der Waals surface area contributed by atoms with E-state index in [2.05, 4.69) is 10.6 Å². The third-order valence-electron chi connectivity index (χ3n) is 3.90. The van der Waals surface area contributed by atoms with Crippen molar-refractivity contribution >= 4 is 5.91 Å². The van der Waals surface area contributed by atoms with Crippen LogP contribution in [0, 0.1) is 0 Å². The van der Waals surface area contributed by atoms with Gasteiger partial charge in [0, 0.05) is 6.04 Å². The standard InChI is InChI=1S/C12H22N2O2/c1-12(7-2-8-13-12)11(16)14-9-3-5-10(15)6-4-9/h9-10,13,15H,2-8H2,1H3,(H,14,16)/t9?,10?,12-/m1/s1. The van der Waals surface area contributed by atoms with Crippen molar-refractivity contribution in [3.63, 3.8) is 0 Å². The highest BCUT2D eigenvalue weighted by Gasteiger charge is 2.37. The number of rotatable bonds is 2. The van der Waals surface area contributed by atoms with Crippen molar-refractivity contribution in [2.75, 3.05) is 6.54 Å². The van der Waals surface area contributed by atoms with Crippen LogP contribution >= 0.6 is 0 Å². The summed E-state index contributed by atoms with van der Waals surface area (Å²) in [6.07, 6.45) is 5.28. The predicted molar refractivity (Wildman–Crippen MR) is 62.0 cm³/mol. The van der Waals surface area contributed by atoms with Crippen LogP contribution < -0.4 is 10.6 Å². The highest BCUT2D eigenvalue weighted by molar-refractivity contribution is 5.86. The van der Waals surface area contributed by atoms with E-state index in [0.717, 1.165) is 45.1 Å². The minimum Gasteiger partial charge on any atom is -0.393 e. The molecule has 3 N–H and O–H groups in total. The minimum absolute atomic E-state index is 0.131. The molecule has 1 saturated heterocycles. The fraction of sp³-hybridized carbons (Fsp3) is 0.917. The molecule has 0 aromatic carbocycles. The topological polar surface area (TPSA) is 61.4 Å². The van der Waals surface area contributed by atoms with E-state index in [1.54, 1.807) is 0 Å². The van der Waals surface area contributed by atoms with Crippen LogP contribution in [0.15, 0.2) is 0 Å². The molecule has 1 aliphatic heterocycles. The SMILES string of the molecule is C[C@]1(C(=O)NC2CCC(O)CC2)CCCN1. The second-order valence-electron chi connectivity index (χ2n) is 5.34. The van der Waals surface area contributed by atoms with Gasteiger partial charge in [-0.05, 0) is 52.0 Å². The number of aliphatic hydroxyl groups excluding tert-OH is 1. The van der Waals surface area contributed by atoms with Crippen LogP contribution in [-0.4, -0.2) is 35.2 Å². The zero-order valence-corrected chi connectivity index (χ0v) is 9.96. The Bertz CT molecular complexity index is 254. The summed E-state index contributed by atoms with van der Waals surface area (Å²) in [5.41, 5.74) is -0.365. The molecule has 16 heavy (non-hydrogen) atoms. The number of hydrogen-bond donors (Lipinski definition) is 3. The molecule has 4 nitrogen and oxygen atoms in total. The van der Waals surface area contributed by atoms with Gasteiger partial charge in [0.2, 0.25) is 5.91 Å². The summed E-state index contributed by atoms with van der Waals surface area (Å²) >= 11 is 0. The zero-order chi connectivity index (χ0) is 11.6. The first-order valence-electron chi connectivity index (χ1n) is 6.34. The molecular formula is C12H22N2O2. The quantitative estimate of drug-likeness (QED) is 0.644. The molecule has 92 valence electrons. The highest BCUT2D eigenvalue weighted by atomic mass is 16.3. The summed E-state index contributed by atoms with van der Waals surface area (Å²) in [6, 6.07) is 0.259. The summed E-state index contributed by atoms with van der Waals surface area (Å²) in [6.45, 7) is 2.92. The van der Waals surface area contributed by atoms with E-state index >= 15 is 0 Å². The maximum absolute atomic E-state index is 12.1. The van der Waals surface area contributed by atoms with Gasteiger partial charge in [0.05, 0.1) is 11.6 Å². The van der Waals surface area contributed by atoms with Gasteiger partial charge < -0.3 is 15.7 Å². The van der Waals surface area contributed by atoms with Crippen molar-refractivity contribution in [1.29, 1.82) is 0 Å². The maximum Gasteiger partial charge on any atom is 0.240 e. The highest BCUT2D eigenvalue weighted by Crippen LogP contribution is 2.22. The van der Waals surface area contributed by atoms with Gasteiger partial charge in [-0.1, -0.05) is 0 Å².